The number of amides is 1. The van der Waals surface area contributed by atoms with Gasteiger partial charge in [0.25, 0.3) is 11.7 Å². The van der Waals surface area contributed by atoms with E-state index in [-0.39, 0.29) is 5.91 Å². The molecule has 134 valence electrons. The minimum Gasteiger partial charge on any atom is -0.321 e. The third kappa shape index (κ3) is 3.68. The molecule has 4 rings (SSSR count). The van der Waals surface area contributed by atoms with E-state index >= 15 is 0 Å². The highest BCUT2D eigenvalue weighted by molar-refractivity contribution is 7.99. The highest BCUT2D eigenvalue weighted by Gasteiger charge is 2.13. The molecule has 27 heavy (non-hydrogen) atoms. The molecule has 0 aliphatic rings. The zero-order chi connectivity index (χ0) is 18.6. The van der Waals surface area contributed by atoms with Crippen LogP contribution < -0.4 is 5.32 Å². The first-order valence-corrected chi connectivity index (χ1v) is 9.39. The molecule has 0 spiro atoms. The Balaban J connectivity index is 1.66. The number of hydrogen-bond donors (Lipinski definition) is 1. The molecule has 1 amide bonds. The van der Waals surface area contributed by atoms with Crippen molar-refractivity contribution in [3.05, 3.63) is 78.2 Å². The maximum atomic E-state index is 12.5. The van der Waals surface area contributed by atoms with Crippen LogP contribution in [-0.4, -0.2) is 25.5 Å². The van der Waals surface area contributed by atoms with Crippen LogP contribution in [0.4, 0.5) is 5.69 Å². The Labute approximate surface area is 160 Å². The van der Waals surface area contributed by atoms with E-state index in [0.29, 0.717) is 11.3 Å². The lowest BCUT2D eigenvalue weighted by atomic mass is 10.2. The second-order valence-corrected chi connectivity index (χ2v) is 6.89. The highest BCUT2D eigenvalue weighted by atomic mass is 32.2. The summed E-state index contributed by atoms with van der Waals surface area (Å²) in [5, 5.41) is 8.16. The lowest BCUT2D eigenvalue weighted by Gasteiger charge is -2.12. The van der Waals surface area contributed by atoms with Gasteiger partial charge in [0, 0.05) is 16.2 Å². The van der Waals surface area contributed by atoms with Crippen LogP contribution in [0.5, 0.6) is 0 Å². The van der Waals surface area contributed by atoms with Gasteiger partial charge in [0.05, 0.1) is 5.69 Å². The normalized spacial score (nSPS) is 10.9. The van der Waals surface area contributed by atoms with Gasteiger partial charge in [-0.05, 0) is 36.8 Å². The van der Waals surface area contributed by atoms with Crippen molar-refractivity contribution in [3.8, 4) is 0 Å². The molecule has 0 atom stereocenters. The fourth-order valence-electron chi connectivity index (χ4n) is 2.64. The standard InChI is InChI=1S/C20H17N5OS/c1-2-15-12-18(25-20(23-15)21-13-22-25)27-17-11-7-6-10-16(17)24-19(26)14-8-4-3-5-9-14/h3-13H,2H2,1H3,(H,24,26). The molecule has 2 heterocycles. The zero-order valence-corrected chi connectivity index (χ0v) is 15.5. The summed E-state index contributed by atoms with van der Waals surface area (Å²) in [7, 11) is 0. The molecule has 1 N–H and O–H groups in total. The molecular weight excluding hydrogens is 358 g/mol. The first-order valence-electron chi connectivity index (χ1n) is 8.57. The number of fused-ring (bicyclic) bond motifs is 1. The predicted octanol–water partition coefficient (Wildman–Crippen LogP) is 4.09. The molecule has 0 fully saturated rings. The minimum absolute atomic E-state index is 0.140. The van der Waals surface area contributed by atoms with Crippen LogP contribution in [0.25, 0.3) is 5.78 Å². The van der Waals surface area contributed by atoms with Crippen LogP contribution in [0.15, 0.2) is 76.9 Å². The Kier molecular flexibility index (Phi) is 4.84. The summed E-state index contributed by atoms with van der Waals surface area (Å²) in [5.74, 6) is 0.432. The Morgan fingerprint density at radius 1 is 1.11 bits per heavy atom. The molecule has 2 aromatic heterocycles. The lowest BCUT2D eigenvalue weighted by molar-refractivity contribution is 0.102. The second-order valence-electron chi connectivity index (χ2n) is 5.83. The fourth-order valence-corrected chi connectivity index (χ4v) is 3.65. The van der Waals surface area contributed by atoms with E-state index in [2.05, 4.69) is 27.3 Å². The Morgan fingerprint density at radius 3 is 2.70 bits per heavy atom. The molecule has 4 aromatic rings. The topological polar surface area (TPSA) is 72.2 Å². The molecule has 0 saturated carbocycles. The van der Waals surface area contributed by atoms with Gasteiger partial charge in [0.1, 0.15) is 11.4 Å². The maximum Gasteiger partial charge on any atom is 0.255 e. The average molecular weight is 375 g/mol. The van der Waals surface area contributed by atoms with E-state index in [1.54, 1.807) is 16.6 Å². The molecule has 6 nitrogen and oxygen atoms in total. The Morgan fingerprint density at radius 2 is 1.89 bits per heavy atom. The van der Waals surface area contributed by atoms with Crippen LogP contribution in [-0.2, 0) is 6.42 Å². The number of aryl methyl sites for hydroxylation is 1. The van der Waals surface area contributed by atoms with Crippen molar-refractivity contribution >= 4 is 29.1 Å². The van der Waals surface area contributed by atoms with E-state index in [0.717, 1.165) is 27.7 Å². The number of para-hydroxylation sites is 1. The number of carbonyl (C=O) groups excluding carboxylic acids is 1. The smallest absolute Gasteiger partial charge is 0.255 e. The van der Waals surface area contributed by atoms with Crippen molar-refractivity contribution in [1.82, 2.24) is 19.6 Å². The van der Waals surface area contributed by atoms with Gasteiger partial charge in [-0.3, -0.25) is 4.79 Å². The SMILES string of the molecule is CCc1cc(Sc2ccccc2NC(=O)c2ccccc2)n2ncnc2n1. The van der Waals surface area contributed by atoms with Crippen molar-refractivity contribution in [3.63, 3.8) is 0 Å². The zero-order valence-electron chi connectivity index (χ0n) is 14.7. The van der Waals surface area contributed by atoms with Crippen LogP contribution in [0.2, 0.25) is 0 Å². The van der Waals surface area contributed by atoms with Crippen molar-refractivity contribution < 1.29 is 4.79 Å². The van der Waals surface area contributed by atoms with E-state index in [4.69, 9.17) is 0 Å². The lowest BCUT2D eigenvalue weighted by Crippen LogP contribution is -2.12. The van der Waals surface area contributed by atoms with Crippen LogP contribution in [0.3, 0.4) is 0 Å². The number of rotatable bonds is 5. The first kappa shape index (κ1) is 17.2. The molecule has 0 bridgehead atoms. The van der Waals surface area contributed by atoms with Gasteiger partial charge in [-0.1, -0.05) is 49.0 Å². The summed E-state index contributed by atoms with van der Waals surface area (Å²) in [5.41, 5.74) is 2.32. The summed E-state index contributed by atoms with van der Waals surface area (Å²) in [6.07, 6.45) is 2.30. The predicted molar refractivity (Wildman–Crippen MR) is 105 cm³/mol. The monoisotopic (exact) mass is 375 g/mol. The highest BCUT2D eigenvalue weighted by Crippen LogP contribution is 2.33. The number of carbonyl (C=O) groups is 1. The molecule has 2 aromatic carbocycles. The van der Waals surface area contributed by atoms with Crippen LogP contribution >= 0.6 is 11.8 Å². The molecule has 0 unspecified atom stereocenters. The van der Waals surface area contributed by atoms with E-state index in [1.807, 2.05) is 48.5 Å². The maximum absolute atomic E-state index is 12.5. The van der Waals surface area contributed by atoms with Crippen LogP contribution in [0.1, 0.15) is 23.0 Å². The van der Waals surface area contributed by atoms with Gasteiger partial charge in [0.2, 0.25) is 0 Å². The van der Waals surface area contributed by atoms with Crippen molar-refractivity contribution in [2.45, 2.75) is 23.3 Å². The number of benzene rings is 2. The Bertz CT molecular complexity index is 1090. The van der Waals surface area contributed by atoms with Gasteiger partial charge < -0.3 is 5.32 Å². The average Bonchev–Trinajstić information content (AvgIpc) is 3.19. The largest absolute Gasteiger partial charge is 0.321 e. The third-order valence-corrected chi connectivity index (χ3v) is 5.10. The summed E-state index contributed by atoms with van der Waals surface area (Å²) in [4.78, 5) is 22.1. The molecule has 7 heteroatoms. The number of hydrogen-bond acceptors (Lipinski definition) is 5. The molecule has 0 aliphatic heterocycles. The quantitative estimate of drug-likeness (QED) is 0.532. The minimum atomic E-state index is -0.140. The molecular formula is C20H17N5OS. The van der Waals surface area contributed by atoms with Crippen molar-refractivity contribution in [2.75, 3.05) is 5.32 Å². The summed E-state index contributed by atoms with van der Waals surface area (Å²) >= 11 is 1.52. The summed E-state index contributed by atoms with van der Waals surface area (Å²) in [6.45, 7) is 2.05. The fraction of sp³-hybridized carbons (Fsp3) is 0.100. The molecule has 0 saturated heterocycles. The summed E-state index contributed by atoms with van der Waals surface area (Å²) in [6, 6.07) is 18.9. The van der Waals surface area contributed by atoms with E-state index in [1.165, 1.54) is 18.1 Å². The number of nitrogens with one attached hydrogen (secondary N) is 1. The number of aromatic nitrogens is 4. The Hall–Kier alpha value is -3.19. The molecule has 0 aliphatic carbocycles. The van der Waals surface area contributed by atoms with Gasteiger partial charge in [0.15, 0.2) is 0 Å². The van der Waals surface area contributed by atoms with Gasteiger partial charge >= 0.3 is 0 Å². The van der Waals surface area contributed by atoms with Gasteiger partial charge in [-0.15, -0.1) is 0 Å². The third-order valence-electron chi connectivity index (χ3n) is 4.02. The van der Waals surface area contributed by atoms with Gasteiger partial charge in [-0.25, -0.2) is 4.98 Å². The molecule has 0 radical (unpaired) electrons. The second kappa shape index (κ2) is 7.59. The van der Waals surface area contributed by atoms with Gasteiger partial charge in [-0.2, -0.15) is 14.6 Å². The first-order chi connectivity index (χ1) is 13.2. The number of nitrogens with zero attached hydrogens (tertiary/aromatic N) is 4. The van der Waals surface area contributed by atoms with E-state index in [9.17, 15) is 4.79 Å². The van der Waals surface area contributed by atoms with E-state index < -0.39 is 0 Å². The van der Waals surface area contributed by atoms with Crippen molar-refractivity contribution in [2.24, 2.45) is 0 Å². The van der Waals surface area contributed by atoms with Crippen molar-refractivity contribution in [1.29, 1.82) is 0 Å². The van der Waals surface area contributed by atoms with Crippen LogP contribution in [0, 0.1) is 0 Å². The number of anilines is 1. The summed E-state index contributed by atoms with van der Waals surface area (Å²) < 4.78 is 1.71.